The predicted molar refractivity (Wildman–Crippen MR) is 73.4 cm³/mol. The van der Waals surface area contributed by atoms with Gasteiger partial charge < -0.3 is 15.1 Å². The SMILES string of the molecule is CCC1CCN(CCN2CCCNCC2)CC1. The molecule has 3 nitrogen and oxygen atoms in total. The summed E-state index contributed by atoms with van der Waals surface area (Å²) in [6, 6.07) is 0. The summed E-state index contributed by atoms with van der Waals surface area (Å²) in [4.78, 5) is 5.30. The number of likely N-dealkylation sites (tertiary alicyclic amines) is 1. The van der Waals surface area contributed by atoms with Crippen LogP contribution in [0.1, 0.15) is 32.6 Å². The monoisotopic (exact) mass is 239 g/mol. The lowest BCUT2D eigenvalue weighted by Crippen LogP contribution is -2.40. The fourth-order valence-electron chi connectivity index (χ4n) is 3.03. The zero-order valence-corrected chi connectivity index (χ0v) is 11.5. The van der Waals surface area contributed by atoms with E-state index in [0.717, 1.165) is 5.92 Å². The van der Waals surface area contributed by atoms with E-state index in [2.05, 4.69) is 22.0 Å². The molecule has 0 unspecified atom stereocenters. The van der Waals surface area contributed by atoms with Crippen molar-refractivity contribution >= 4 is 0 Å². The van der Waals surface area contributed by atoms with E-state index in [9.17, 15) is 0 Å². The van der Waals surface area contributed by atoms with Crippen LogP contribution in [0, 0.1) is 5.92 Å². The van der Waals surface area contributed by atoms with Crippen molar-refractivity contribution in [3.63, 3.8) is 0 Å². The van der Waals surface area contributed by atoms with E-state index in [4.69, 9.17) is 0 Å². The first-order valence-corrected chi connectivity index (χ1v) is 7.54. The van der Waals surface area contributed by atoms with E-state index in [-0.39, 0.29) is 0 Å². The Balaban J connectivity index is 1.61. The maximum atomic E-state index is 3.47. The molecule has 3 heteroatoms. The third-order valence-electron chi connectivity index (χ3n) is 4.45. The Morgan fingerprint density at radius 2 is 1.65 bits per heavy atom. The van der Waals surface area contributed by atoms with Gasteiger partial charge in [0.15, 0.2) is 0 Å². The van der Waals surface area contributed by atoms with Gasteiger partial charge in [-0.2, -0.15) is 0 Å². The molecule has 2 heterocycles. The summed E-state index contributed by atoms with van der Waals surface area (Å²) in [5, 5.41) is 3.47. The molecule has 0 bridgehead atoms. The Hall–Kier alpha value is -0.120. The number of hydrogen-bond acceptors (Lipinski definition) is 3. The van der Waals surface area contributed by atoms with Gasteiger partial charge in [0.25, 0.3) is 0 Å². The normalized spacial score (nSPS) is 25.9. The molecule has 0 saturated carbocycles. The van der Waals surface area contributed by atoms with Crippen molar-refractivity contribution in [1.82, 2.24) is 15.1 Å². The predicted octanol–water partition coefficient (Wildman–Crippen LogP) is 1.40. The molecule has 0 aromatic carbocycles. The van der Waals surface area contributed by atoms with Gasteiger partial charge >= 0.3 is 0 Å². The third-order valence-corrected chi connectivity index (χ3v) is 4.45. The number of nitrogens with zero attached hydrogens (tertiary/aromatic N) is 2. The molecule has 0 aromatic rings. The molecule has 2 rings (SSSR count). The van der Waals surface area contributed by atoms with Crippen LogP contribution in [0.25, 0.3) is 0 Å². The maximum absolute atomic E-state index is 3.47. The molecule has 0 aliphatic carbocycles. The Morgan fingerprint density at radius 3 is 2.35 bits per heavy atom. The number of rotatable bonds is 4. The van der Waals surface area contributed by atoms with Crippen LogP contribution in [-0.2, 0) is 0 Å². The molecular weight excluding hydrogens is 210 g/mol. The van der Waals surface area contributed by atoms with Gasteiger partial charge in [-0.05, 0) is 51.4 Å². The molecule has 2 aliphatic rings. The Labute approximate surface area is 107 Å². The zero-order chi connectivity index (χ0) is 11.9. The first-order chi connectivity index (χ1) is 8.38. The van der Waals surface area contributed by atoms with Crippen molar-refractivity contribution in [3.05, 3.63) is 0 Å². The molecule has 2 aliphatic heterocycles. The highest BCUT2D eigenvalue weighted by molar-refractivity contribution is 4.73. The Kier molecular flexibility index (Phi) is 5.75. The van der Waals surface area contributed by atoms with E-state index >= 15 is 0 Å². The highest BCUT2D eigenvalue weighted by Gasteiger charge is 2.18. The van der Waals surface area contributed by atoms with Gasteiger partial charge in [0.05, 0.1) is 0 Å². The fraction of sp³-hybridized carbons (Fsp3) is 1.00. The van der Waals surface area contributed by atoms with E-state index in [1.54, 1.807) is 0 Å². The second-order valence-electron chi connectivity index (χ2n) is 5.64. The minimum Gasteiger partial charge on any atom is -0.315 e. The molecule has 0 aromatic heterocycles. The van der Waals surface area contributed by atoms with Gasteiger partial charge in [-0.15, -0.1) is 0 Å². The first kappa shape index (κ1) is 13.3. The van der Waals surface area contributed by atoms with Crippen molar-refractivity contribution in [2.45, 2.75) is 32.6 Å². The summed E-state index contributed by atoms with van der Waals surface area (Å²) in [5.74, 6) is 1.01. The molecule has 0 spiro atoms. The van der Waals surface area contributed by atoms with Crippen LogP contribution in [0.3, 0.4) is 0 Å². The van der Waals surface area contributed by atoms with Crippen LogP contribution in [0.15, 0.2) is 0 Å². The van der Waals surface area contributed by atoms with E-state index in [1.807, 2.05) is 0 Å². The van der Waals surface area contributed by atoms with Crippen molar-refractivity contribution in [1.29, 1.82) is 0 Å². The smallest absolute Gasteiger partial charge is 0.0110 e. The summed E-state index contributed by atoms with van der Waals surface area (Å²) >= 11 is 0. The second kappa shape index (κ2) is 7.34. The van der Waals surface area contributed by atoms with E-state index in [0.29, 0.717) is 0 Å². The molecule has 0 radical (unpaired) electrons. The second-order valence-corrected chi connectivity index (χ2v) is 5.64. The van der Waals surface area contributed by atoms with Gasteiger partial charge in [0, 0.05) is 26.2 Å². The summed E-state index contributed by atoms with van der Waals surface area (Å²) in [5.41, 5.74) is 0. The van der Waals surface area contributed by atoms with Gasteiger partial charge in [-0.3, -0.25) is 0 Å². The number of piperidine rings is 1. The van der Waals surface area contributed by atoms with Crippen LogP contribution >= 0.6 is 0 Å². The standard InChI is InChI=1S/C14H29N3/c1-2-14-4-9-17(10-5-14)13-12-16-8-3-6-15-7-11-16/h14-15H,2-13H2,1H3. The molecular formula is C14H29N3. The van der Waals surface area contributed by atoms with E-state index in [1.165, 1.54) is 78.0 Å². The molecule has 0 amide bonds. The summed E-state index contributed by atoms with van der Waals surface area (Å²) in [6.07, 6.45) is 5.56. The molecule has 100 valence electrons. The average molecular weight is 239 g/mol. The fourth-order valence-corrected chi connectivity index (χ4v) is 3.03. The summed E-state index contributed by atoms with van der Waals surface area (Å²) < 4.78 is 0. The van der Waals surface area contributed by atoms with Gasteiger partial charge in [0.1, 0.15) is 0 Å². The van der Waals surface area contributed by atoms with Gasteiger partial charge in [0.2, 0.25) is 0 Å². The molecule has 0 atom stereocenters. The third kappa shape index (κ3) is 4.57. The van der Waals surface area contributed by atoms with Crippen molar-refractivity contribution in [3.8, 4) is 0 Å². The summed E-state index contributed by atoms with van der Waals surface area (Å²) in [6.45, 7) is 12.5. The van der Waals surface area contributed by atoms with Crippen LogP contribution in [0.4, 0.5) is 0 Å². The lowest BCUT2D eigenvalue weighted by atomic mass is 9.94. The molecule has 2 saturated heterocycles. The van der Waals surface area contributed by atoms with Crippen molar-refractivity contribution in [2.24, 2.45) is 5.92 Å². The molecule has 1 N–H and O–H groups in total. The Morgan fingerprint density at radius 1 is 0.941 bits per heavy atom. The van der Waals surface area contributed by atoms with Crippen LogP contribution in [0.5, 0.6) is 0 Å². The van der Waals surface area contributed by atoms with Crippen LogP contribution < -0.4 is 5.32 Å². The average Bonchev–Trinajstić information content (AvgIpc) is 2.65. The highest BCUT2D eigenvalue weighted by Crippen LogP contribution is 2.19. The van der Waals surface area contributed by atoms with Crippen molar-refractivity contribution < 1.29 is 0 Å². The highest BCUT2D eigenvalue weighted by atomic mass is 15.2. The first-order valence-electron chi connectivity index (χ1n) is 7.54. The van der Waals surface area contributed by atoms with Crippen LogP contribution in [-0.4, -0.2) is 62.2 Å². The minimum absolute atomic E-state index is 1.01. The van der Waals surface area contributed by atoms with E-state index < -0.39 is 0 Å². The zero-order valence-electron chi connectivity index (χ0n) is 11.5. The van der Waals surface area contributed by atoms with Crippen LogP contribution in [0.2, 0.25) is 0 Å². The minimum atomic E-state index is 1.01. The van der Waals surface area contributed by atoms with Crippen molar-refractivity contribution in [2.75, 3.05) is 52.4 Å². The Bertz CT molecular complexity index is 192. The number of hydrogen-bond donors (Lipinski definition) is 1. The molecule has 2 fully saturated rings. The molecule has 17 heavy (non-hydrogen) atoms. The van der Waals surface area contributed by atoms with Gasteiger partial charge in [-0.25, -0.2) is 0 Å². The lowest BCUT2D eigenvalue weighted by molar-refractivity contribution is 0.156. The van der Waals surface area contributed by atoms with Gasteiger partial charge in [-0.1, -0.05) is 13.3 Å². The quantitative estimate of drug-likeness (QED) is 0.800. The number of nitrogens with one attached hydrogen (secondary N) is 1. The topological polar surface area (TPSA) is 18.5 Å². The largest absolute Gasteiger partial charge is 0.315 e. The lowest BCUT2D eigenvalue weighted by Gasteiger charge is -2.33. The maximum Gasteiger partial charge on any atom is 0.0110 e. The summed E-state index contributed by atoms with van der Waals surface area (Å²) in [7, 11) is 0.